The van der Waals surface area contributed by atoms with Crippen molar-refractivity contribution in [2.75, 3.05) is 5.32 Å². The van der Waals surface area contributed by atoms with Gasteiger partial charge in [-0.25, -0.2) is 13.6 Å². The number of hydrogen-bond donors (Lipinski definition) is 3. The van der Waals surface area contributed by atoms with Crippen LogP contribution in [0, 0.1) is 6.92 Å². The Balaban J connectivity index is 2.18. The molecule has 0 aliphatic carbocycles. The summed E-state index contributed by atoms with van der Waals surface area (Å²) in [5.74, 6) is 1.13. The van der Waals surface area contributed by atoms with Crippen LogP contribution in [0.15, 0.2) is 39.6 Å². The fourth-order valence-electron chi connectivity index (χ4n) is 1.90. The monoisotopic (exact) mass is 296 g/mol. The van der Waals surface area contributed by atoms with Gasteiger partial charge in [0.1, 0.15) is 18.1 Å². The van der Waals surface area contributed by atoms with Crippen LogP contribution in [0.1, 0.15) is 17.1 Å². The highest BCUT2D eigenvalue weighted by atomic mass is 32.2. The van der Waals surface area contributed by atoms with Crippen molar-refractivity contribution in [3.8, 4) is 0 Å². The average Bonchev–Trinajstić information content (AvgIpc) is 2.84. The van der Waals surface area contributed by atoms with Crippen molar-refractivity contribution in [1.82, 2.24) is 0 Å². The molecule has 108 valence electrons. The minimum atomic E-state index is -3.74. The molecule has 0 radical (unpaired) electrons. The summed E-state index contributed by atoms with van der Waals surface area (Å²) >= 11 is 0. The number of nitrogens with two attached hydrogens (primary N) is 1. The van der Waals surface area contributed by atoms with Crippen LogP contribution in [0.2, 0.25) is 0 Å². The van der Waals surface area contributed by atoms with Crippen molar-refractivity contribution in [2.45, 2.75) is 25.0 Å². The molecule has 0 aliphatic rings. The SMILES string of the molecule is Cc1c(NCc2ccc(CO)o2)cccc1S(N)(=O)=O. The fourth-order valence-corrected chi connectivity index (χ4v) is 2.70. The van der Waals surface area contributed by atoms with Gasteiger partial charge in [-0.1, -0.05) is 6.07 Å². The van der Waals surface area contributed by atoms with E-state index in [1.54, 1.807) is 31.2 Å². The Morgan fingerprint density at radius 1 is 1.25 bits per heavy atom. The van der Waals surface area contributed by atoms with Gasteiger partial charge in [0.15, 0.2) is 0 Å². The topological polar surface area (TPSA) is 106 Å². The summed E-state index contributed by atoms with van der Waals surface area (Å²) in [7, 11) is -3.74. The molecule has 0 atom stereocenters. The maximum Gasteiger partial charge on any atom is 0.238 e. The molecule has 7 heteroatoms. The zero-order valence-corrected chi connectivity index (χ0v) is 11.8. The zero-order chi connectivity index (χ0) is 14.8. The highest BCUT2D eigenvalue weighted by Gasteiger charge is 2.13. The standard InChI is InChI=1S/C13H16N2O4S/c1-9-12(3-2-4-13(9)20(14,17)18)15-7-10-5-6-11(8-16)19-10/h2-6,15-16H,7-8H2,1H3,(H2,14,17,18). The number of aliphatic hydroxyl groups is 1. The number of benzene rings is 1. The molecule has 1 heterocycles. The Bertz CT molecular complexity index is 707. The van der Waals surface area contributed by atoms with Crippen LogP contribution in [0.5, 0.6) is 0 Å². The first-order valence-corrected chi connectivity index (χ1v) is 7.51. The summed E-state index contributed by atoms with van der Waals surface area (Å²) in [6.45, 7) is 1.91. The molecule has 0 fully saturated rings. The lowest BCUT2D eigenvalue weighted by molar-refractivity contribution is 0.244. The van der Waals surface area contributed by atoms with Gasteiger partial charge in [-0.15, -0.1) is 0 Å². The summed E-state index contributed by atoms with van der Waals surface area (Å²) in [4.78, 5) is 0.0954. The van der Waals surface area contributed by atoms with E-state index >= 15 is 0 Å². The van der Waals surface area contributed by atoms with Gasteiger partial charge in [0.2, 0.25) is 10.0 Å². The normalized spacial score (nSPS) is 11.6. The van der Waals surface area contributed by atoms with Crippen LogP contribution < -0.4 is 10.5 Å². The number of sulfonamides is 1. The van der Waals surface area contributed by atoms with Crippen LogP contribution >= 0.6 is 0 Å². The first-order valence-electron chi connectivity index (χ1n) is 5.96. The highest BCUT2D eigenvalue weighted by Crippen LogP contribution is 2.22. The number of furan rings is 1. The van der Waals surface area contributed by atoms with Crippen LogP contribution in [-0.2, 0) is 23.2 Å². The Hall–Kier alpha value is -1.83. The third-order valence-corrected chi connectivity index (χ3v) is 3.97. The first-order chi connectivity index (χ1) is 9.41. The number of hydrogen-bond acceptors (Lipinski definition) is 5. The molecule has 0 saturated heterocycles. The maximum absolute atomic E-state index is 11.4. The van der Waals surface area contributed by atoms with Crippen molar-refractivity contribution >= 4 is 15.7 Å². The Morgan fingerprint density at radius 2 is 1.95 bits per heavy atom. The molecule has 0 unspecified atom stereocenters. The zero-order valence-electron chi connectivity index (χ0n) is 11.0. The molecule has 4 N–H and O–H groups in total. The van der Waals surface area contributed by atoms with E-state index < -0.39 is 10.0 Å². The van der Waals surface area contributed by atoms with Crippen molar-refractivity contribution in [3.63, 3.8) is 0 Å². The highest BCUT2D eigenvalue weighted by molar-refractivity contribution is 7.89. The molecule has 6 nitrogen and oxygen atoms in total. The van der Waals surface area contributed by atoms with Crippen molar-refractivity contribution in [2.24, 2.45) is 5.14 Å². The summed E-state index contributed by atoms with van der Waals surface area (Å²) in [5.41, 5.74) is 1.22. The van der Waals surface area contributed by atoms with E-state index in [9.17, 15) is 8.42 Å². The number of rotatable bonds is 5. The van der Waals surface area contributed by atoms with Crippen molar-refractivity contribution < 1.29 is 17.9 Å². The van der Waals surface area contributed by atoms with Gasteiger partial charge in [0.25, 0.3) is 0 Å². The van der Waals surface area contributed by atoms with E-state index in [-0.39, 0.29) is 11.5 Å². The van der Waals surface area contributed by atoms with Crippen molar-refractivity contribution in [1.29, 1.82) is 0 Å². The van der Waals surface area contributed by atoms with Gasteiger partial charge >= 0.3 is 0 Å². The van der Waals surface area contributed by atoms with Gasteiger partial charge in [0.05, 0.1) is 11.4 Å². The predicted octanol–water partition coefficient (Wildman–Crippen LogP) is 1.34. The molecular formula is C13H16N2O4S. The average molecular weight is 296 g/mol. The van der Waals surface area contributed by atoms with E-state index in [2.05, 4.69) is 5.32 Å². The lowest BCUT2D eigenvalue weighted by atomic mass is 10.2. The minimum absolute atomic E-state index is 0.0954. The van der Waals surface area contributed by atoms with Gasteiger partial charge in [-0.05, 0) is 36.8 Å². The lowest BCUT2D eigenvalue weighted by Gasteiger charge is -2.11. The molecule has 0 saturated carbocycles. The number of nitrogens with one attached hydrogen (secondary N) is 1. The van der Waals surface area contributed by atoms with E-state index in [4.69, 9.17) is 14.7 Å². The third-order valence-electron chi connectivity index (χ3n) is 2.92. The van der Waals surface area contributed by atoms with Crippen LogP contribution in [0.3, 0.4) is 0 Å². The molecule has 2 aromatic rings. The number of aliphatic hydroxyl groups excluding tert-OH is 1. The smallest absolute Gasteiger partial charge is 0.238 e. The lowest BCUT2D eigenvalue weighted by Crippen LogP contribution is -2.14. The van der Waals surface area contributed by atoms with E-state index in [1.807, 2.05) is 0 Å². The molecule has 1 aromatic carbocycles. The molecular weight excluding hydrogens is 280 g/mol. The molecule has 2 rings (SSSR count). The summed E-state index contributed by atoms with van der Waals surface area (Å²) in [6, 6.07) is 8.28. The Kier molecular flexibility index (Phi) is 4.12. The second-order valence-corrected chi connectivity index (χ2v) is 5.88. The first kappa shape index (κ1) is 14.6. The molecule has 0 bridgehead atoms. The Morgan fingerprint density at radius 3 is 2.55 bits per heavy atom. The quantitative estimate of drug-likeness (QED) is 0.772. The third kappa shape index (κ3) is 3.19. The second-order valence-electron chi connectivity index (χ2n) is 4.35. The minimum Gasteiger partial charge on any atom is -0.462 e. The molecule has 20 heavy (non-hydrogen) atoms. The molecule has 0 amide bonds. The van der Waals surface area contributed by atoms with Gasteiger partial charge < -0.3 is 14.8 Å². The van der Waals surface area contributed by atoms with E-state index in [0.717, 1.165) is 0 Å². The number of anilines is 1. The van der Waals surface area contributed by atoms with Crippen LogP contribution in [0.25, 0.3) is 0 Å². The second kappa shape index (κ2) is 5.66. The molecule has 1 aromatic heterocycles. The largest absolute Gasteiger partial charge is 0.462 e. The summed E-state index contributed by atoms with van der Waals surface area (Å²) in [5, 5.41) is 17.1. The van der Waals surface area contributed by atoms with Crippen LogP contribution in [0.4, 0.5) is 5.69 Å². The Labute approximate surface area is 117 Å². The van der Waals surface area contributed by atoms with Crippen LogP contribution in [-0.4, -0.2) is 13.5 Å². The molecule has 0 aliphatic heterocycles. The fraction of sp³-hybridized carbons (Fsp3) is 0.231. The van der Waals surface area contributed by atoms with Gasteiger partial charge in [-0.2, -0.15) is 0 Å². The van der Waals surface area contributed by atoms with Gasteiger partial charge in [0, 0.05) is 5.69 Å². The summed E-state index contributed by atoms with van der Waals surface area (Å²) < 4.78 is 28.2. The molecule has 0 spiro atoms. The van der Waals surface area contributed by atoms with E-state index in [1.165, 1.54) is 6.07 Å². The maximum atomic E-state index is 11.4. The predicted molar refractivity (Wildman–Crippen MR) is 74.5 cm³/mol. The van der Waals surface area contributed by atoms with Crippen molar-refractivity contribution in [3.05, 3.63) is 47.4 Å². The summed E-state index contributed by atoms with van der Waals surface area (Å²) in [6.07, 6.45) is 0. The van der Waals surface area contributed by atoms with Gasteiger partial charge in [-0.3, -0.25) is 0 Å². The van der Waals surface area contributed by atoms with E-state index in [0.29, 0.717) is 29.3 Å². The number of primary sulfonamides is 1.